The van der Waals surface area contributed by atoms with Crippen molar-refractivity contribution in [3.8, 4) is 0 Å². The van der Waals surface area contributed by atoms with E-state index in [4.69, 9.17) is 21.1 Å². The Hall–Kier alpha value is -2.08. The molecule has 130 valence electrons. The summed E-state index contributed by atoms with van der Waals surface area (Å²) in [7, 11) is 0. The molecule has 0 aromatic heterocycles. The van der Waals surface area contributed by atoms with Gasteiger partial charge >= 0.3 is 11.9 Å². The fourth-order valence-corrected chi connectivity index (χ4v) is 2.42. The van der Waals surface area contributed by atoms with Crippen LogP contribution in [-0.4, -0.2) is 31.2 Å². The van der Waals surface area contributed by atoms with E-state index in [0.717, 1.165) is 18.9 Å². The van der Waals surface area contributed by atoms with Gasteiger partial charge in [-0.2, -0.15) is 0 Å². The number of halogens is 2. The number of ether oxygens (including phenoxy) is 2. The van der Waals surface area contributed by atoms with Gasteiger partial charge in [-0.25, -0.2) is 14.0 Å². The molecule has 0 unspecified atom stereocenters. The molecule has 0 radical (unpaired) electrons. The molecule has 0 amide bonds. The molecule has 5 nitrogen and oxygen atoms in total. The van der Waals surface area contributed by atoms with Gasteiger partial charge in [-0.05, 0) is 44.9 Å². The van der Waals surface area contributed by atoms with Crippen LogP contribution in [-0.2, 0) is 19.1 Å². The molecule has 0 atom stereocenters. The van der Waals surface area contributed by atoms with E-state index in [2.05, 4.69) is 0 Å². The maximum Gasteiger partial charge on any atom is 0.355 e. The van der Waals surface area contributed by atoms with Gasteiger partial charge in [0.2, 0.25) is 0 Å². The van der Waals surface area contributed by atoms with Crippen LogP contribution < -0.4 is 4.90 Å². The Morgan fingerprint density at radius 1 is 1.29 bits per heavy atom. The SMILES string of the molecule is CCOC(=O)C=C(C(=O)OCC)N(c1ccc(F)c(Cl)c1)C1CC1. The Kier molecular flexibility index (Phi) is 6.20. The number of carbonyl (C=O) groups excluding carboxylic acids is 2. The van der Waals surface area contributed by atoms with Gasteiger partial charge in [0.1, 0.15) is 11.5 Å². The lowest BCUT2D eigenvalue weighted by Crippen LogP contribution is -2.31. The van der Waals surface area contributed by atoms with E-state index >= 15 is 0 Å². The Labute approximate surface area is 145 Å². The maximum absolute atomic E-state index is 13.4. The highest BCUT2D eigenvalue weighted by molar-refractivity contribution is 6.31. The molecular weight excluding hydrogens is 337 g/mol. The summed E-state index contributed by atoms with van der Waals surface area (Å²) >= 11 is 5.85. The standard InChI is InChI=1S/C17H19ClFNO4/c1-3-23-16(21)10-15(17(22)24-4-2)20(11-5-6-11)12-7-8-14(19)13(18)9-12/h7-11H,3-6H2,1-2H3. The zero-order valence-corrected chi connectivity index (χ0v) is 14.3. The van der Waals surface area contributed by atoms with E-state index in [1.807, 2.05) is 0 Å². The summed E-state index contributed by atoms with van der Waals surface area (Å²) in [6.07, 6.45) is 2.79. The first-order chi connectivity index (χ1) is 11.5. The van der Waals surface area contributed by atoms with E-state index in [1.54, 1.807) is 18.7 Å². The fraction of sp³-hybridized carbons (Fsp3) is 0.412. The number of hydrogen-bond acceptors (Lipinski definition) is 5. The molecule has 7 heteroatoms. The van der Waals surface area contributed by atoms with Crippen LogP contribution in [0.3, 0.4) is 0 Å². The van der Waals surface area contributed by atoms with Crippen LogP contribution in [0, 0.1) is 5.82 Å². The normalized spacial score (nSPS) is 14.2. The molecule has 24 heavy (non-hydrogen) atoms. The van der Waals surface area contributed by atoms with Crippen molar-refractivity contribution in [2.24, 2.45) is 0 Å². The van der Waals surface area contributed by atoms with Gasteiger partial charge in [0.05, 0.1) is 24.3 Å². The lowest BCUT2D eigenvalue weighted by atomic mass is 10.2. The lowest BCUT2D eigenvalue weighted by molar-refractivity contribution is -0.141. The molecular formula is C17H19ClFNO4. The highest BCUT2D eigenvalue weighted by Gasteiger charge is 2.35. The first-order valence-corrected chi connectivity index (χ1v) is 8.15. The Morgan fingerprint density at radius 2 is 1.96 bits per heavy atom. The number of carbonyl (C=O) groups is 2. The predicted octanol–water partition coefficient (Wildman–Crippen LogP) is 3.46. The second kappa shape index (κ2) is 8.15. The summed E-state index contributed by atoms with van der Waals surface area (Å²) in [5, 5.41) is -0.0579. The lowest BCUT2D eigenvalue weighted by Gasteiger charge is -2.26. The van der Waals surface area contributed by atoms with E-state index in [9.17, 15) is 14.0 Å². The highest BCUT2D eigenvalue weighted by Crippen LogP contribution is 2.36. The van der Waals surface area contributed by atoms with Gasteiger partial charge in [-0.15, -0.1) is 0 Å². The van der Waals surface area contributed by atoms with E-state index in [-0.39, 0.29) is 30.0 Å². The molecule has 1 fully saturated rings. The van der Waals surface area contributed by atoms with Crippen molar-refractivity contribution in [1.29, 1.82) is 0 Å². The third-order valence-electron chi connectivity index (χ3n) is 3.38. The van der Waals surface area contributed by atoms with E-state index in [0.29, 0.717) is 5.69 Å². The zero-order chi connectivity index (χ0) is 17.7. The van der Waals surface area contributed by atoms with Crippen LogP contribution in [0.4, 0.5) is 10.1 Å². The second-order valence-corrected chi connectivity index (χ2v) is 5.61. The fourth-order valence-electron chi connectivity index (χ4n) is 2.24. The number of benzene rings is 1. The molecule has 0 aliphatic heterocycles. The quantitative estimate of drug-likeness (QED) is 0.554. The van der Waals surface area contributed by atoms with Crippen molar-refractivity contribution in [1.82, 2.24) is 0 Å². The monoisotopic (exact) mass is 355 g/mol. The summed E-state index contributed by atoms with van der Waals surface area (Å²) in [5.41, 5.74) is 0.577. The van der Waals surface area contributed by atoms with Crippen molar-refractivity contribution >= 4 is 29.2 Å². The summed E-state index contributed by atoms with van der Waals surface area (Å²) in [5.74, 6) is -1.83. The van der Waals surface area contributed by atoms with E-state index < -0.39 is 17.8 Å². The maximum atomic E-state index is 13.4. The van der Waals surface area contributed by atoms with Gasteiger partial charge in [-0.3, -0.25) is 0 Å². The molecule has 1 aliphatic carbocycles. The van der Waals surface area contributed by atoms with Crippen molar-refractivity contribution < 1.29 is 23.5 Å². The molecule has 0 saturated heterocycles. The minimum absolute atomic E-state index is 0.0246. The molecule has 0 bridgehead atoms. The van der Waals surface area contributed by atoms with Gasteiger partial charge in [-0.1, -0.05) is 11.6 Å². The molecule has 2 rings (SSSR count). The second-order valence-electron chi connectivity index (χ2n) is 5.20. The average molecular weight is 356 g/mol. The first-order valence-electron chi connectivity index (χ1n) is 7.77. The van der Waals surface area contributed by atoms with Crippen LogP contribution in [0.2, 0.25) is 5.02 Å². The molecule has 0 N–H and O–H groups in total. The van der Waals surface area contributed by atoms with Gasteiger partial charge in [0.25, 0.3) is 0 Å². The van der Waals surface area contributed by atoms with Gasteiger partial charge in [0.15, 0.2) is 0 Å². The predicted molar refractivity (Wildman–Crippen MR) is 88.3 cm³/mol. The minimum Gasteiger partial charge on any atom is -0.463 e. The Balaban J connectivity index is 2.43. The molecule has 0 heterocycles. The van der Waals surface area contributed by atoms with Gasteiger partial charge < -0.3 is 14.4 Å². The van der Waals surface area contributed by atoms with Crippen LogP contribution >= 0.6 is 11.6 Å². The van der Waals surface area contributed by atoms with Crippen molar-refractivity contribution in [2.45, 2.75) is 32.7 Å². The number of nitrogens with zero attached hydrogens (tertiary/aromatic N) is 1. The molecule has 1 saturated carbocycles. The smallest absolute Gasteiger partial charge is 0.355 e. The molecule has 1 aromatic carbocycles. The largest absolute Gasteiger partial charge is 0.463 e. The summed E-state index contributed by atoms with van der Waals surface area (Å²) < 4.78 is 23.4. The minimum atomic E-state index is -0.641. The Bertz CT molecular complexity index is 658. The summed E-state index contributed by atoms with van der Waals surface area (Å²) in [6, 6.07) is 4.18. The van der Waals surface area contributed by atoms with Crippen molar-refractivity contribution in [3.63, 3.8) is 0 Å². The third-order valence-corrected chi connectivity index (χ3v) is 3.67. The number of hydrogen-bond donors (Lipinski definition) is 0. The summed E-state index contributed by atoms with van der Waals surface area (Å²) in [6.45, 7) is 3.71. The number of esters is 2. The third kappa shape index (κ3) is 4.47. The molecule has 0 spiro atoms. The Morgan fingerprint density at radius 3 is 2.50 bits per heavy atom. The van der Waals surface area contributed by atoms with Crippen LogP contribution in [0.1, 0.15) is 26.7 Å². The molecule has 1 aliphatic rings. The zero-order valence-electron chi connectivity index (χ0n) is 13.6. The summed E-state index contributed by atoms with van der Waals surface area (Å²) in [4.78, 5) is 25.8. The van der Waals surface area contributed by atoms with Crippen molar-refractivity contribution in [3.05, 3.63) is 40.8 Å². The highest BCUT2D eigenvalue weighted by atomic mass is 35.5. The van der Waals surface area contributed by atoms with Gasteiger partial charge in [0, 0.05) is 11.7 Å². The van der Waals surface area contributed by atoms with Crippen LogP contribution in [0.15, 0.2) is 30.0 Å². The van der Waals surface area contributed by atoms with Crippen LogP contribution in [0.25, 0.3) is 0 Å². The topological polar surface area (TPSA) is 55.8 Å². The first kappa shape index (κ1) is 18.3. The average Bonchev–Trinajstić information content (AvgIpc) is 3.35. The van der Waals surface area contributed by atoms with Crippen LogP contribution in [0.5, 0.6) is 0 Å². The van der Waals surface area contributed by atoms with Crippen molar-refractivity contribution in [2.75, 3.05) is 18.1 Å². The van der Waals surface area contributed by atoms with E-state index in [1.165, 1.54) is 18.2 Å². The molecule has 1 aromatic rings. The number of anilines is 1. The number of rotatable bonds is 7.